The molecule has 1 aliphatic rings. The number of hydrogen-bond donors (Lipinski definition) is 1. The predicted octanol–water partition coefficient (Wildman–Crippen LogP) is 0.866. The average Bonchev–Trinajstić information content (AvgIpc) is 3.13. The molecule has 0 radical (unpaired) electrons. The van der Waals surface area contributed by atoms with Crippen molar-refractivity contribution in [1.82, 2.24) is 4.31 Å². The Balaban J connectivity index is 2.47. The molecule has 1 aliphatic heterocycles. The number of carbonyl (C=O) groups excluding carboxylic acids is 1. The summed E-state index contributed by atoms with van der Waals surface area (Å²) in [6.45, 7) is 1.80. The van der Waals surface area contributed by atoms with Crippen molar-refractivity contribution in [3.63, 3.8) is 0 Å². The molecule has 22 heavy (non-hydrogen) atoms. The maximum atomic E-state index is 12.7. The number of nitrogens with zero attached hydrogens (tertiary/aromatic N) is 1. The van der Waals surface area contributed by atoms with Gasteiger partial charge in [0.1, 0.15) is 16.7 Å². The van der Waals surface area contributed by atoms with E-state index in [0.29, 0.717) is 6.42 Å². The number of sulfonamides is 1. The first-order valence-corrected chi connectivity index (χ1v) is 8.22. The van der Waals surface area contributed by atoms with Gasteiger partial charge in [-0.2, -0.15) is 4.31 Å². The average molecular weight is 331 g/mol. The van der Waals surface area contributed by atoms with Crippen LogP contribution in [0.5, 0.6) is 0 Å². The number of carboxylic acids is 1. The summed E-state index contributed by atoms with van der Waals surface area (Å²) >= 11 is 0. The molecule has 1 fully saturated rings. The summed E-state index contributed by atoms with van der Waals surface area (Å²) in [4.78, 5) is 22.5. The van der Waals surface area contributed by atoms with Crippen LogP contribution in [0, 0.1) is 0 Å². The second-order valence-corrected chi connectivity index (χ2v) is 6.71. The van der Waals surface area contributed by atoms with Crippen LogP contribution < -0.4 is 0 Å². The summed E-state index contributed by atoms with van der Waals surface area (Å²) in [6, 6.07) is 0.00298. The molecule has 0 aliphatic carbocycles. The van der Waals surface area contributed by atoms with Gasteiger partial charge < -0.3 is 14.3 Å². The minimum atomic E-state index is -4.05. The number of ether oxygens (including phenoxy) is 1. The smallest absolute Gasteiger partial charge is 0.373 e. The molecule has 2 heterocycles. The molecular formula is C13H17NO7S. The Hall–Kier alpha value is -1.87. The Morgan fingerprint density at radius 2 is 2.18 bits per heavy atom. The summed E-state index contributed by atoms with van der Waals surface area (Å²) < 4.78 is 36.1. The van der Waals surface area contributed by atoms with Gasteiger partial charge >= 0.3 is 11.9 Å². The fraction of sp³-hybridized carbons (Fsp3) is 0.538. The highest BCUT2D eigenvalue weighted by molar-refractivity contribution is 7.89. The molecule has 1 atom stereocenters. The summed E-state index contributed by atoms with van der Waals surface area (Å²) in [5.74, 6) is -2.08. The first-order chi connectivity index (χ1) is 10.3. The molecule has 8 nitrogen and oxygen atoms in total. The highest BCUT2D eigenvalue weighted by atomic mass is 32.2. The Kier molecular flexibility index (Phi) is 4.57. The van der Waals surface area contributed by atoms with E-state index >= 15 is 0 Å². The standard InChI is InChI=1S/C13H17NO7S/c1-3-9-11(7-10(21-9)13(17)20-2)22(18,19)14-6-4-5-8(14)12(15)16/h7-8H,3-6H2,1-2H3,(H,15,16). The van der Waals surface area contributed by atoms with Gasteiger partial charge in [-0.05, 0) is 12.8 Å². The molecule has 2 rings (SSSR count). The van der Waals surface area contributed by atoms with Crippen LogP contribution in [0.1, 0.15) is 36.1 Å². The molecule has 1 aromatic heterocycles. The molecule has 0 aromatic carbocycles. The van der Waals surface area contributed by atoms with E-state index in [9.17, 15) is 18.0 Å². The van der Waals surface area contributed by atoms with E-state index in [1.54, 1.807) is 6.92 Å². The summed E-state index contributed by atoms with van der Waals surface area (Å²) in [5, 5.41) is 9.15. The third-order valence-corrected chi connectivity index (χ3v) is 5.51. The van der Waals surface area contributed by atoms with E-state index in [-0.39, 0.29) is 35.8 Å². The van der Waals surface area contributed by atoms with E-state index in [2.05, 4.69) is 4.74 Å². The Labute approximate surface area is 127 Å². The number of carboxylic acid groups (broad SMARTS) is 1. The number of aryl methyl sites for hydroxylation is 1. The molecule has 0 bridgehead atoms. The van der Waals surface area contributed by atoms with E-state index in [4.69, 9.17) is 9.52 Å². The zero-order valence-corrected chi connectivity index (χ0v) is 13.1. The van der Waals surface area contributed by atoms with E-state index in [1.807, 2.05) is 0 Å². The number of methoxy groups -OCH3 is 1. The van der Waals surface area contributed by atoms with Gasteiger partial charge in [0.15, 0.2) is 0 Å². The maximum absolute atomic E-state index is 12.7. The molecule has 9 heteroatoms. The summed E-state index contributed by atoms with van der Waals surface area (Å²) in [5.41, 5.74) is 0. The van der Waals surface area contributed by atoms with Gasteiger partial charge in [0.2, 0.25) is 15.8 Å². The van der Waals surface area contributed by atoms with Crippen molar-refractivity contribution in [2.45, 2.75) is 37.1 Å². The Morgan fingerprint density at radius 3 is 2.73 bits per heavy atom. The number of carbonyl (C=O) groups is 2. The molecular weight excluding hydrogens is 314 g/mol. The van der Waals surface area contributed by atoms with Gasteiger partial charge in [-0.1, -0.05) is 6.92 Å². The van der Waals surface area contributed by atoms with Crippen molar-refractivity contribution in [3.8, 4) is 0 Å². The fourth-order valence-electron chi connectivity index (χ4n) is 2.48. The van der Waals surface area contributed by atoms with Gasteiger partial charge in [0.05, 0.1) is 7.11 Å². The first kappa shape index (κ1) is 16.5. The van der Waals surface area contributed by atoms with Crippen LogP contribution in [0.15, 0.2) is 15.4 Å². The lowest BCUT2D eigenvalue weighted by Crippen LogP contribution is -2.40. The summed E-state index contributed by atoms with van der Waals surface area (Å²) in [6.07, 6.45) is 0.980. The number of rotatable bonds is 5. The van der Waals surface area contributed by atoms with Crippen molar-refractivity contribution < 1.29 is 32.3 Å². The van der Waals surface area contributed by atoms with Gasteiger partial charge in [-0.15, -0.1) is 0 Å². The molecule has 0 amide bonds. The normalized spacial score (nSPS) is 19.3. The molecule has 1 N–H and O–H groups in total. The van der Waals surface area contributed by atoms with E-state index in [1.165, 1.54) is 0 Å². The zero-order valence-electron chi connectivity index (χ0n) is 12.2. The monoisotopic (exact) mass is 331 g/mol. The molecule has 0 saturated carbocycles. The zero-order chi connectivity index (χ0) is 16.5. The van der Waals surface area contributed by atoms with Gasteiger partial charge in [-0.3, -0.25) is 4.79 Å². The second kappa shape index (κ2) is 6.09. The third-order valence-electron chi connectivity index (χ3n) is 3.55. The lowest BCUT2D eigenvalue weighted by atomic mass is 10.2. The maximum Gasteiger partial charge on any atom is 0.373 e. The van der Waals surface area contributed by atoms with Crippen molar-refractivity contribution in [1.29, 1.82) is 0 Å². The minimum absolute atomic E-state index is 0.108. The predicted molar refractivity (Wildman–Crippen MR) is 74.0 cm³/mol. The van der Waals surface area contributed by atoms with Crippen molar-refractivity contribution >= 4 is 22.0 Å². The Morgan fingerprint density at radius 1 is 1.50 bits per heavy atom. The largest absolute Gasteiger partial charge is 0.480 e. The van der Waals surface area contributed by atoms with Crippen molar-refractivity contribution in [2.75, 3.05) is 13.7 Å². The van der Waals surface area contributed by atoms with Gasteiger partial charge in [-0.25, -0.2) is 13.2 Å². The molecule has 1 unspecified atom stereocenters. The highest BCUT2D eigenvalue weighted by Gasteiger charge is 2.41. The van der Waals surface area contributed by atoms with E-state index < -0.39 is 28.0 Å². The highest BCUT2D eigenvalue weighted by Crippen LogP contribution is 2.30. The van der Waals surface area contributed by atoms with Crippen molar-refractivity contribution in [3.05, 3.63) is 17.6 Å². The molecule has 1 saturated heterocycles. The SMILES string of the molecule is CCc1oc(C(=O)OC)cc1S(=O)(=O)N1CCCC1C(=O)O. The van der Waals surface area contributed by atoms with Crippen LogP contribution in [-0.2, 0) is 26.0 Å². The number of furan rings is 1. The van der Waals surface area contributed by atoms with Crippen LogP contribution in [-0.4, -0.2) is 49.5 Å². The lowest BCUT2D eigenvalue weighted by Gasteiger charge is -2.20. The number of esters is 1. The molecule has 122 valence electrons. The lowest BCUT2D eigenvalue weighted by molar-refractivity contribution is -0.140. The van der Waals surface area contributed by atoms with Crippen LogP contribution in [0.3, 0.4) is 0 Å². The topological polar surface area (TPSA) is 114 Å². The molecule has 1 aromatic rings. The van der Waals surface area contributed by atoms with Crippen LogP contribution >= 0.6 is 0 Å². The number of hydrogen-bond acceptors (Lipinski definition) is 6. The first-order valence-electron chi connectivity index (χ1n) is 6.78. The van der Waals surface area contributed by atoms with E-state index in [0.717, 1.165) is 17.5 Å². The van der Waals surface area contributed by atoms with Gasteiger partial charge in [0.25, 0.3) is 0 Å². The second-order valence-electron chi connectivity index (χ2n) is 4.86. The molecule has 0 spiro atoms. The quantitative estimate of drug-likeness (QED) is 0.796. The minimum Gasteiger partial charge on any atom is -0.480 e. The fourth-order valence-corrected chi connectivity index (χ4v) is 4.36. The van der Waals surface area contributed by atoms with Crippen molar-refractivity contribution in [2.24, 2.45) is 0 Å². The van der Waals surface area contributed by atoms with Crippen LogP contribution in [0.4, 0.5) is 0 Å². The van der Waals surface area contributed by atoms with Crippen LogP contribution in [0.2, 0.25) is 0 Å². The van der Waals surface area contributed by atoms with Crippen LogP contribution in [0.25, 0.3) is 0 Å². The number of aliphatic carboxylic acids is 1. The summed E-state index contributed by atoms with van der Waals surface area (Å²) in [7, 11) is -2.89. The van der Waals surface area contributed by atoms with Gasteiger partial charge in [0, 0.05) is 19.0 Å². The third kappa shape index (κ3) is 2.73. The Bertz CT molecular complexity index is 691.